The molecule has 3 nitrogen and oxygen atoms in total. The molecule has 3 rings (SSSR count). The number of nitrogens with zero attached hydrogens (tertiary/aromatic N) is 3. The largest absolute Gasteiger partial charge is 0.418 e. The molecule has 3 aromatic heterocycles. The van der Waals surface area contributed by atoms with Gasteiger partial charge in [-0.1, -0.05) is 11.6 Å². The predicted molar refractivity (Wildman–Crippen MR) is 77.5 cm³/mol. The SMILES string of the molecule is Cc1nc(-c2cnc(Cl)c3cccnc23)ccc1C(F)(F)F. The Morgan fingerprint density at radius 2 is 1.86 bits per heavy atom. The molecule has 0 amide bonds. The van der Waals surface area contributed by atoms with E-state index in [9.17, 15) is 13.2 Å². The Bertz CT molecular complexity index is 862. The van der Waals surface area contributed by atoms with Crippen molar-refractivity contribution >= 4 is 22.5 Å². The van der Waals surface area contributed by atoms with Gasteiger partial charge in [0.15, 0.2) is 0 Å². The fraction of sp³-hybridized carbons (Fsp3) is 0.133. The highest BCUT2D eigenvalue weighted by Gasteiger charge is 2.33. The van der Waals surface area contributed by atoms with Crippen LogP contribution in [0.4, 0.5) is 13.2 Å². The van der Waals surface area contributed by atoms with Crippen molar-refractivity contribution in [3.63, 3.8) is 0 Å². The van der Waals surface area contributed by atoms with Gasteiger partial charge in [0.1, 0.15) is 5.15 Å². The smallest absolute Gasteiger partial charge is 0.255 e. The first-order chi connectivity index (χ1) is 10.4. The first kappa shape index (κ1) is 14.7. The monoisotopic (exact) mass is 323 g/mol. The molecular weight excluding hydrogens is 315 g/mol. The third-order valence-corrected chi connectivity index (χ3v) is 3.56. The molecule has 0 radical (unpaired) electrons. The summed E-state index contributed by atoms with van der Waals surface area (Å²) in [6.45, 7) is 1.32. The van der Waals surface area contributed by atoms with Crippen LogP contribution in [0.5, 0.6) is 0 Å². The molecule has 0 aliphatic carbocycles. The molecule has 22 heavy (non-hydrogen) atoms. The Labute approximate surface area is 128 Å². The molecule has 3 aromatic rings. The van der Waals surface area contributed by atoms with Crippen LogP contribution in [0.3, 0.4) is 0 Å². The molecule has 0 unspecified atom stereocenters. The van der Waals surface area contributed by atoms with E-state index in [1.807, 2.05) is 0 Å². The van der Waals surface area contributed by atoms with Crippen molar-refractivity contribution in [2.45, 2.75) is 13.1 Å². The molecule has 0 spiro atoms. The Balaban J connectivity index is 2.21. The van der Waals surface area contributed by atoms with E-state index >= 15 is 0 Å². The maximum Gasteiger partial charge on any atom is 0.418 e. The summed E-state index contributed by atoms with van der Waals surface area (Å²) >= 11 is 6.01. The molecule has 112 valence electrons. The highest BCUT2D eigenvalue weighted by atomic mass is 35.5. The maximum atomic E-state index is 12.8. The van der Waals surface area contributed by atoms with Crippen LogP contribution in [-0.4, -0.2) is 15.0 Å². The summed E-state index contributed by atoms with van der Waals surface area (Å²) in [6.07, 6.45) is -1.38. The minimum absolute atomic E-state index is 0.0935. The minimum atomic E-state index is -4.42. The van der Waals surface area contributed by atoms with Crippen molar-refractivity contribution < 1.29 is 13.2 Å². The molecule has 0 aliphatic heterocycles. The molecule has 0 saturated heterocycles. The lowest BCUT2D eigenvalue weighted by molar-refractivity contribution is -0.138. The van der Waals surface area contributed by atoms with Gasteiger partial charge >= 0.3 is 6.18 Å². The summed E-state index contributed by atoms with van der Waals surface area (Å²) in [6, 6.07) is 5.79. The van der Waals surface area contributed by atoms with Gasteiger partial charge in [-0.05, 0) is 31.2 Å². The van der Waals surface area contributed by atoms with Gasteiger partial charge in [-0.25, -0.2) is 4.98 Å². The van der Waals surface area contributed by atoms with E-state index in [-0.39, 0.29) is 10.8 Å². The number of aromatic nitrogens is 3. The van der Waals surface area contributed by atoms with Crippen LogP contribution < -0.4 is 0 Å². The highest BCUT2D eigenvalue weighted by molar-refractivity contribution is 6.34. The third kappa shape index (κ3) is 2.50. The molecule has 7 heteroatoms. The summed E-state index contributed by atoms with van der Waals surface area (Å²) in [7, 11) is 0. The van der Waals surface area contributed by atoms with Crippen LogP contribution in [-0.2, 0) is 6.18 Å². The van der Waals surface area contributed by atoms with E-state index in [4.69, 9.17) is 11.6 Å². The number of fused-ring (bicyclic) bond motifs is 1. The number of rotatable bonds is 1. The second kappa shape index (κ2) is 5.21. The summed E-state index contributed by atoms with van der Waals surface area (Å²) in [5, 5.41) is 0.913. The Morgan fingerprint density at radius 1 is 1.09 bits per heavy atom. The number of aryl methyl sites for hydroxylation is 1. The van der Waals surface area contributed by atoms with E-state index < -0.39 is 11.7 Å². The van der Waals surface area contributed by atoms with Gasteiger partial charge in [0.25, 0.3) is 0 Å². The van der Waals surface area contributed by atoms with E-state index in [0.29, 0.717) is 22.2 Å². The number of halogens is 4. The van der Waals surface area contributed by atoms with Crippen molar-refractivity contribution in [1.29, 1.82) is 0 Å². The van der Waals surface area contributed by atoms with Crippen LogP contribution in [0.2, 0.25) is 5.15 Å². The molecule has 0 fully saturated rings. The van der Waals surface area contributed by atoms with Gasteiger partial charge in [-0.15, -0.1) is 0 Å². The average Bonchev–Trinajstić information content (AvgIpc) is 2.46. The standard InChI is InChI=1S/C15H9ClF3N3/c1-8-11(15(17,18)19)4-5-12(22-8)10-7-21-14(16)9-3-2-6-20-13(9)10/h2-7H,1H3. The summed E-state index contributed by atoms with van der Waals surface area (Å²) in [5.41, 5.74) is 0.615. The molecule has 0 bridgehead atoms. The van der Waals surface area contributed by atoms with Crippen molar-refractivity contribution in [2.24, 2.45) is 0 Å². The van der Waals surface area contributed by atoms with E-state index in [0.717, 1.165) is 6.07 Å². The topological polar surface area (TPSA) is 38.7 Å². The first-order valence-electron chi connectivity index (χ1n) is 6.32. The Morgan fingerprint density at radius 3 is 2.55 bits per heavy atom. The van der Waals surface area contributed by atoms with Crippen molar-refractivity contribution in [3.05, 3.63) is 53.1 Å². The molecule has 0 aliphatic rings. The van der Waals surface area contributed by atoms with Crippen LogP contribution in [0.15, 0.2) is 36.7 Å². The lowest BCUT2D eigenvalue weighted by Gasteiger charge is -2.11. The van der Waals surface area contributed by atoms with Crippen LogP contribution in [0, 0.1) is 6.92 Å². The van der Waals surface area contributed by atoms with E-state index in [2.05, 4.69) is 15.0 Å². The fourth-order valence-electron chi connectivity index (χ4n) is 2.24. The zero-order valence-corrected chi connectivity index (χ0v) is 12.1. The van der Waals surface area contributed by atoms with E-state index in [1.54, 1.807) is 18.3 Å². The fourth-order valence-corrected chi connectivity index (χ4v) is 2.44. The van der Waals surface area contributed by atoms with Gasteiger partial charge in [-0.3, -0.25) is 9.97 Å². The van der Waals surface area contributed by atoms with Gasteiger partial charge in [0.2, 0.25) is 0 Å². The van der Waals surface area contributed by atoms with Crippen LogP contribution >= 0.6 is 11.6 Å². The average molecular weight is 324 g/mol. The highest BCUT2D eigenvalue weighted by Crippen LogP contribution is 2.34. The van der Waals surface area contributed by atoms with Crippen LogP contribution in [0.25, 0.3) is 22.2 Å². The van der Waals surface area contributed by atoms with E-state index in [1.165, 1.54) is 19.2 Å². The lowest BCUT2D eigenvalue weighted by atomic mass is 10.1. The number of hydrogen-bond acceptors (Lipinski definition) is 3. The van der Waals surface area contributed by atoms with Crippen molar-refractivity contribution in [1.82, 2.24) is 15.0 Å². The van der Waals surface area contributed by atoms with Crippen molar-refractivity contribution in [3.8, 4) is 11.3 Å². The van der Waals surface area contributed by atoms with Gasteiger partial charge < -0.3 is 0 Å². The zero-order chi connectivity index (χ0) is 15.9. The molecule has 0 saturated carbocycles. The molecule has 0 aromatic carbocycles. The van der Waals surface area contributed by atoms with Crippen LogP contribution in [0.1, 0.15) is 11.3 Å². The number of hydrogen-bond donors (Lipinski definition) is 0. The zero-order valence-electron chi connectivity index (χ0n) is 11.3. The first-order valence-corrected chi connectivity index (χ1v) is 6.70. The normalized spacial score (nSPS) is 11.9. The lowest BCUT2D eigenvalue weighted by Crippen LogP contribution is -2.09. The summed E-state index contributed by atoms with van der Waals surface area (Å²) < 4.78 is 38.4. The van der Waals surface area contributed by atoms with Gasteiger partial charge in [-0.2, -0.15) is 13.2 Å². The number of pyridine rings is 3. The van der Waals surface area contributed by atoms with Gasteiger partial charge in [0, 0.05) is 23.3 Å². The van der Waals surface area contributed by atoms with Gasteiger partial charge in [0.05, 0.1) is 22.5 Å². The molecular formula is C15H9ClF3N3. The Kier molecular flexibility index (Phi) is 3.48. The molecule has 3 heterocycles. The number of alkyl halides is 3. The minimum Gasteiger partial charge on any atom is -0.255 e. The quantitative estimate of drug-likeness (QED) is 0.611. The Hall–Kier alpha value is -2.21. The summed E-state index contributed by atoms with van der Waals surface area (Å²) in [4.78, 5) is 12.3. The molecule has 0 N–H and O–H groups in total. The third-order valence-electron chi connectivity index (χ3n) is 3.26. The predicted octanol–water partition coefficient (Wildman–Crippen LogP) is 4.67. The second-order valence-electron chi connectivity index (χ2n) is 4.69. The second-order valence-corrected chi connectivity index (χ2v) is 5.05. The maximum absolute atomic E-state index is 12.8. The van der Waals surface area contributed by atoms with Crippen molar-refractivity contribution in [2.75, 3.05) is 0 Å². The molecule has 0 atom stereocenters. The summed E-state index contributed by atoms with van der Waals surface area (Å²) in [5.74, 6) is 0.